The third-order valence-electron chi connectivity index (χ3n) is 3.90. The van der Waals surface area contributed by atoms with Gasteiger partial charge in [0.1, 0.15) is 12.3 Å². The number of carbonyl (C=O) groups is 1. The van der Waals surface area contributed by atoms with Crippen molar-refractivity contribution in [2.45, 2.75) is 18.1 Å². The number of tetrazole rings is 1. The first-order valence-corrected chi connectivity index (χ1v) is 8.59. The number of nitrogens with zero attached hydrogens (tertiary/aromatic N) is 5. The number of para-hydroxylation sites is 1. The fourth-order valence-electron chi connectivity index (χ4n) is 2.75. The zero-order chi connectivity index (χ0) is 16.4. The van der Waals surface area contributed by atoms with Crippen molar-refractivity contribution in [3.05, 3.63) is 54.0 Å². The van der Waals surface area contributed by atoms with Crippen molar-refractivity contribution in [2.75, 3.05) is 17.2 Å². The number of thioether (sulfide) groups is 1. The molecule has 7 nitrogen and oxygen atoms in total. The quantitative estimate of drug-likeness (QED) is 0.661. The maximum Gasteiger partial charge on any atom is 0.237 e. The molecule has 8 heteroatoms. The summed E-state index contributed by atoms with van der Waals surface area (Å²) in [6.45, 7) is 1.18. The van der Waals surface area contributed by atoms with Gasteiger partial charge in [-0.05, 0) is 40.6 Å². The highest BCUT2D eigenvalue weighted by Gasteiger charge is 2.24. The highest BCUT2D eigenvalue weighted by atomic mass is 32.2. The van der Waals surface area contributed by atoms with Gasteiger partial charge in [0.25, 0.3) is 0 Å². The molecule has 1 amide bonds. The molecule has 0 bridgehead atoms. The summed E-state index contributed by atoms with van der Waals surface area (Å²) in [5, 5.41) is 12.2. The van der Waals surface area contributed by atoms with Crippen LogP contribution in [0.5, 0.6) is 0 Å². The van der Waals surface area contributed by atoms with Crippen LogP contribution >= 0.6 is 11.8 Å². The predicted octanol–water partition coefficient (Wildman–Crippen LogP) is 2.00. The van der Waals surface area contributed by atoms with E-state index in [4.69, 9.17) is 4.42 Å². The first-order valence-electron chi connectivity index (χ1n) is 7.61. The minimum Gasteiger partial charge on any atom is -0.467 e. The van der Waals surface area contributed by atoms with Crippen LogP contribution in [-0.2, 0) is 17.8 Å². The Labute approximate surface area is 142 Å². The molecule has 0 N–H and O–H groups in total. The van der Waals surface area contributed by atoms with Gasteiger partial charge in [-0.3, -0.25) is 4.79 Å². The fraction of sp³-hybridized carbons (Fsp3) is 0.250. The number of carbonyl (C=O) groups excluding carboxylic acids is 1. The van der Waals surface area contributed by atoms with E-state index in [0.717, 1.165) is 24.4 Å². The first-order chi connectivity index (χ1) is 11.8. The van der Waals surface area contributed by atoms with Crippen molar-refractivity contribution in [3.63, 3.8) is 0 Å². The smallest absolute Gasteiger partial charge is 0.237 e. The molecule has 1 aliphatic heterocycles. The van der Waals surface area contributed by atoms with Crippen molar-refractivity contribution in [1.82, 2.24) is 20.2 Å². The zero-order valence-electron chi connectivity index (χ0n) is 12.8. The second-order valence-electron chi connectivity index (χ2n) is 5.41. The van der Waals surface area contributed by atoms with Crippen LogP contribution in [0.2, 0.25) is 0 Å². The average molecular weight is 341 g/mol. The van der Waals surface area contributed by atoms with Crippen LogP contribution in [0.3, 0.4) is 0 Å². The Morgan fingerprint density at radius 3 is 3.04 bits per heavy atom. The standard InChI is InChI=1S/C16H15N5O2S/c22-15(20-8-7-12-4-1-2-6-14(12)20)11-24-16-17-18-19-21(16)10-13-5-3-9-23-13/h1-6,9H,7-8,10-11H2. The number of amides is 1. The van der Waals surface area contributed by atoms with Gasteiger partial charge in [0.2, 0.25) is 11.1 Å². The molecule has 2 aromatic heterocycles. The predicted molar refractivity (Wildman–Crippen MR) is 88.9 cm³/mol. The monoisotopic (exact) mass is 341 g/mol. The average Bonchev–Trinajstić information content (AvgIpc) is 3.34. The van der Waals surface area contributed by atoms with Crippen LogP contribution in [0.25, 0.3) is 0 Å². The summed E-state index contributed by atoms with van der Waals surface area (Å²) in [6, 6.07) is 11.7. The summed E-state index contributed by atoms with van der Waals surface area (Å²) in [4.78, 5) is 14.4. The van der Waals surface area contributed by atoms with E-state index in [1.54, 1.807) is 10.9 Å². The number of aromatic nitrogens is 4. The SMILES string of the molecule is O=C(CSc1nnnn1Cc1ccco1)N1CCc2ccccc21. The van der Waals surface area contributed by atoms with Crippen molar-refractivity contribution >= 4 is 23.4 Å². The maximum absolute atomic E-state index is 12.5. The van der Waals surface area contributed by atoms with Crippen molar-refractivity contribution in [2.24, 2.45) is 0 Å². The Morgan fingerprint density at radius 1 is 1.25 bits per heavy atom. The molecular weight excluding hydrogens is 326 g/mol. The molecule has 0 fully saturated rings. The second kappa shape index (κ2) is 6.48. The van der Waals surface area contributed by atoms with E-state index in [-0.39, 0.29) is 5.91 Å². The molecular formula is C16H15N5O2S. The Kier molecular flexibility index (Phi) is 4.04. The van der Waals surface area contributed by atoms with Gasteiger partial charge in [-0.15, -0.1) is 5.10 Å². The molecule has 122 valence electrons. The normalized spacial score (nSPS) is 13.2. The van der Waals surface area contributed by atoms with Crippen LogP contribution in [0.4, 0.5) is 5.69 Å². The molecule has 24 heavy (non-hydrogen) atoms. The lowest BCUT2D eigenvalue weighted by molar-refractivity contribution is -0.116. The minimum absolute atomic E-state index is 0.0671. The van der Waals surface area contributed by atoms with Gasteiger partial charge >= 0.3 is 0 Å². The highest BCUT2D eigenvalue weighted by Crippen LogP contribution is 2.28. The summed E-state index contributed by atoms with van der Waals surface area (Å²) >= 11 is 1.34. The lowest BCUT2D eigenvalue weighted by Crippen LogP contribution is -2.30. The molecule has 3 heterocycles. The molecule has 0 unspecified atom stereocenters. The molecule has 1 aromatic carbocycles. The van der Waals surface area contributed by atoms with Crippen molar-refractivity contribution in [1.29, 1.82) is 0 Å². The van der Waals surface area contributed by atoms with E-state index in [9.17, 15) is 4.79 Å². The summed E-state index contributed by atoms with van der Waals surface area (Å²) in [5.41, 5.74) is 2.23. The Bertz CT molecular complexity index is 846. The van der Waals surface area contributed by atoms with Gasteiger partial charge in [-0.2, -0.15) is 0 Å². The topological polar surface area (TPSA) is 77.0 Å². The molecule has 0 saturated carbocycles. The molecule has 0 atom stereocenters. The highest BCUT2D eigenvalue weighted by molar-refractivity contribution is 7.99. The molecule has 3 aromatic rings. The van der Waals surface area contributed by atoms with Crippen LogP contribution in [-0.4, -0.2) is 38.4 Å². The number of furan rings is 1. The Morgan fingerprint density at radius 2 is 2.17 bits per heavy atom. The van der Waals surface area contributed by atoms with Gasteiger partial charge in [-0.1, -0.05) is 30.0 Å². The van der Waals surface area contributed by atoms with Crippen molar-refractivity contribution in [3.8, 4) is 0 Å². The second-order valence-corrected chi connectivity index (χ2v) is 6.35. The number of hydrogen-bond donors (Lipinski definition) is 0. The fourth-order valence-corrected chi connectivity index (χ4v) is 3.50. The summed E-state index contributed by atoms with van der Waals surface area (Å²) < 4.78 is 6.94. The third kappa shape index (κ3) is 2.92. The molecule has 0 saturated heterocycles. The van der Waals surface area contributed by atoms with E-state index in [1.165, 1.54) is 17.3 Å². The maximum atomic E-state index is 12.5. The number of benzene rings is 1. The Hall–Kier alpha value is -2.61. The number of anilines is 1. The zero-order valence-corrected chi connectivity index (χ0v) is 13.6. The van der Waals surface area contributed by atoms with Crippen molar-refractivity contribution < 1.29 is 9.21 Å². The van der Waals surface area contributed by atoms with E-state index in [2.05, 4.69) is 21.6 Å². The van der Waals surface area contributed by atoms with Crippen LogP contribution < -0.4 is 4.90 Å². The van der Waals surface area contributed by atoms with Crippen LogP contribution in [0.1, 0.15) is 11.3 Å². The molecule has 0 aliphatic carbocycles. The summed E-state index contributed by atoms with van der Waals surface area (Å²) in [7, 11) is 0. The molecule has 0 spiro atoms. The minimum atomic E-state index is 0.0671. The number of rotatable bonds is 5. The van der Waals surface area contributed by atoms with E-state index in [0.29, 0.717) is 17.5 Å². The van der Waals surface area contributed by atoms with Crippen LogP contribution in [0.15, 0.2) is 52.2 Å². The number of hydrogen-bond acceptors (Lipinski definition) is 6. The van der Waals surface area contributed by atoms with Crippen LogP contribution in [0, 0.1) is 0 Å². The summed E-state index contributed by atoms with van der Waals surface area (Å²) in [6.07, 6.45) is 2.52. The van der Waals surface area contributed by atoms with E-state index >= 15 is 0 Å². The Balaban J connectivity index is 1.41. The van der Waals surface area contributed by atoms with Gasteiger partial charge < -0.3 is 9.32 Å². The van der Waals surface area contributed by atoms with E-state index in [1.807, 2.05) is 35.2 Å². The van der Waals surface area contributed by atoms with E-state index < -0.39 is 0 Å². The first kappa shape index (κ1) is 14.9. The van der Waals surface area contributed by atoms with Gasteiger partial charge in [0, 0.05) is 12.2 Å². The third-order valence-corrected chi connectivity index (χ3v) is 4.84. The van der Waals surface area contributed by atoms with Gasteiger partial charge in [-0.25, -0.2) is 4.68 Å². The molecule has 1 aliphatic rings. The number of fused-ring (bicyclic) bond motifs is 1. The largest absolute Gasteiger partial charge is 0.467 e. The van der Waals surface area contributed by atoms with Gasteiger partial charge in [0.05, 0.1) is 12.0 Å². The molecule has 0 radical (unpaired) electrons. The van der Waals surface area contributed by atoms with Gasteiger partial charge in [0.15, 0.2) is 0 Å². The lowest BCUT2D eigenvalue weighted by Gasteiger charge is -2.16. The summed E-state index contributed by atoms with van der Waals surface area (Å²) in [5.74, 6) is 1.13. The molecule has 4 rings (SSSR count). The lowest BCUT2D eigenvalue weighted by atomic mass is 10.2.